The van der Waals surface area contributed by atoms with Crippen molar-refractivity contribution in [2.45, 2.75) is 12.8 Å². The molecule has 0 radical (unpaired) electrons. The number of aromatic nitrogens is 4. The smallest absolute Gasteiger partial charge is 0.313 e. The topological polar surface area (TPSA) is 104 Å². The SMILES string of the molecule is O=C(CCC(=O)Oc1cnccn1)Oc1cnccn1. The van der Waals surface area contributed by atoms with Crippen LogP contribution in [0.4, 0.5) is 0 Å². The number of ether oxygens (including phenoxy) is 2. The normalized spacial score (nSPS) is 9.80. The first-order chi connectivity index (χ1) is 9.74. The van der Waals surface area contributed by atoms with Gasteiger partial charge in [-0.15, -0.1) is 0 Å². The van der Waals surface area contributed by atoms with E-state index >= 15 is 0 Å². The average molecular weight is 274 g/mol. The Morgan fingerprint density at radius 3 is 1.60 bits per heavy atom. The van der Waals surface area contributed by atoms with Gasteiger partial charge in [-0.05, 0) is 0 Å². The molecule has 0 aliphatic heterocycles. The summed E-state index contributed by atoms with van der Waals surface area (Å²) in [5.74, 6) is -1.03. The van der Waals surface area contributed by atoms with Crippen LogP contribution < -0.4 is 9.47 Å². The minimum Gasteiger partial charge on any atom is -0.406 e. The van der Waals surface area contributed by atoms with Crippen molar-refractivity contribution in [2.24, 2.45) is 0 Å². The van der Waals surface area contributed by atoms with E-state index in [2.05, 4.69) is 19.9 Å². The highest BCUT2D eigenvalue weighted by Gasteiger charge is 2.12. The maximum absolute atomic E-state index is 11.4. The Labute approximate surface area is 113 Å². The molecule has 0 amide bonds. The Kier molecular flexibility index (Phi) is 4.65. The quantitative estimate of drug-likeness (QED) is 0.728. The predicted octanol–water partition coefficient (Wildman–Crippen LogP) is 0.558. The van der Waals surface area contributed by atoms with Gasteiger partial charge < -0.3 is 9.47 Å². The summed E-state index contributed by atoms with van der Waals surface area (Å²) < 4.78 is 9.73. The fraction of sp³-hybridized carbons (Fsp3) is 0.167. The molecule has 0 aliphatic carbocycles. The third kappa shape index (κ3) is 4.41. The first-order valence-corrected chi connectivity index (χ1v) is 5.67. The summed E-state index contributed by atoms with van der Waals surface area (Å²) >= 11 is 0. The number of rotatable bonds is 5. The van der Waals surface area contributed by atoms with Gasteiger partial charge in [-0.25, -0.2) is 9.97 Å². The molecule has 2 aromatic heterocycles. The second-order valence-electron chi connectivity index (χ2n) is 3.54. The number of nitrogens with zero attached hydrogens (tertiary/aromatic N) is 4. The zero-order valence-corrected chi connectivity index (χ0v) is 10.3. The van der Waals surface area contributed by atoms with Crippen molar-refractivity contribution in [2.75, 3.05) is 0 Å². The van der Waals surface area contributed by atoms with Gasteiger partial charge >= 0.3 is 11.9 Å². The molecule has 0 saturated heterocycles. The van der Waals surface area contributed by atoms with Crippen LogP contribution in [0.25, 0.3) is 0 Å². The maximum Gasteiger partial charge on any atom is 0.313 e. The Bertz CT molecular complexity index is 523. The second-order valence-corrected chi connectivity index (χ2v) is 3.54. The number of esters is 2. The second kappa shape index (κ2) is 6.88. The predicted molar refractivity (Wildman–Crippen MR) is 64.6 cm³/mol. The van der Waals surface area contributed by atoms with E-state index in [1.165, 1.54) is 37.2 Å². The van der Waals surface area contributed by atoms with Gasteiger partial charge in [0.25, 0.3) is 0 Å². The molecule has 0 aromatic carbocycles. The maximum atomic E-state index is 11.4. The minimum absolute atomic E-state index is 0.0831. The van der Waals surface area contributed by atoms with Gasteiger partial charge in [0.1, 0.15) is 0 Å². The standard InChI is InChI=1S/C12H10N4O4/c17-11(19-9-7-13-3-5-15-9)1-2-12(18)20-10-8-14-4-6-16-10/h3-8H,1-2H2. The third-order valence-electron chi connectivity index (χ3n) is 2.05. The van der Waals surface area contributed by atoms with Crippen LogP contribution in [0.5, 0.6) is 11.8 Å². The van der Waals surface area contributed by atoms with Crippen molar-refractivity contribution in [3.63, 3.8) is 0 Å². The first kappa shape index (κ1) is 13.5. The zero-order chi connectivity index (χ0) is 14.2. The Balaban J connectivity index is 1.75. The van der Waals surface area contributed by atoms with E-state index in [1.807, 2.05) is 0 Å². The minimum atomic E-state index is -0.596. The molecule has 8 heteroatoms. The van der Waals surface area contributed by atoms with Gasteiger partial charge in [0, 0.05) is 24.8 Å². The Morgan fingerprint density at radius 2 is 1.25 bits per heavy atom. The highest BCUT2D eigenvalue weighted by Crippen LogP contribution is 2.06. The lowest BCUT2D eigenvalue weighted by molar-refractivity contribution is -0.141. The molecule has 0 fully saturated rings. The van der Waals surface area contributed by atoms with E-state index in [9.17, 15) is 9.59 Å². The zero-order valence-electron chi connectivity index (χ0n) is 10.3. The summed E-state index contributed by atoms with van der Waals surface area (Å²) in [4.78, 5) is 37.9. The molecule has 0 atom stereocenters. The molecule has 2 rings (SSSR count). The fourth-order valence-corrected chi connectivity index (χ4v) is 1.22. The van der Waals surface area contributed by atoms with Crippen LogP contribution in [0.2, 0.25) is 0 Å². The van der Waals surface area contributed by atoms with Crippen molar-refractivity contribution in [1.29, 1.82) is 0 Å². The summed E-state index contributed by atoms with van der Waals surface area (Å²) in [7, 11) is 0. The van der Waals surface area contributed by atoms with Crippen LogP contribution in [-0.4, -0.2) is 31.9 Å². The fourth-order valence-electron chi connectivity index (χ4n) is 1.22. The monoisotopic (exact) mass is 274 g/mol. The molecule has 102 valence electrons. The van der Waals surface area contributed by atoms with Crippen LogP contribution in [-0.2, 0) is 9.59 Å². The van der Waals surface area contributed by atoms with Crippen LogP contribution >= 0.6 is 0 Å². The molecule has 0 aliphatic rings. The van der Waals surface area contributed by atoms with Crippen LogP contribution in [0.3, 0.4) is 0 Å². The van der Waals surface area contributed by atoms with E-state index in [1.54, 1.807) is 0 Å². The van der Waals surface area contributed by atoms with Crippen molar-refractivity contribution in [3.05, 3.63) is 37.2 Å². The lowest BCUT2D eigenvalue weighted by atomic mass is 10.3. The summed E-state index contributed by atoms with van der Waals surface area (Å²) in [6, 6.07) is 0. The van der Waals surface area contributed by atoms with E-state index in [0.717, 1.165) is 0 Å². The average Bonchev–Trinajstić information content (AvgIpc) is 2.47. The van der Waals surface area contributed by atoms with E-state index in [0.29, 0.717) is 0 Å². The van der Waals surface area contributed by atoms with E-state index in [-0.39, 0.29) is 24.6 Å². The van der Waals surface area contributed by atoms with E-state index < -0.39 is 11.9 Å². The van der Waals surface area contributed by atoms with Crippen LogP contribution in [0.1, 0.15) is 12.8 Å². The summed E-state index contributed by atoms with van der Waals surface area (Å²) in [5, 5.41) is 0. The van der Waals surface area contributed by atoms with Crippen molar-refractivity contribution in [1.82, 2.24) is 19.9 Å². The molecule has 8 nitrogen and oxygen atoms in total. The molecule has 20 heavy (non-hydrogen) atoms. The number of hydrogen-bond donors (Lipinski definition) is 0. The number of carbonyl (C=O) groups excluding carboxylic acids is 2. The molecule has 2 heterocycles. The third-order valence-corrected chi connectivity index (χ3v) is 2.05. The van der Waals surface area contributed by atoms with Gasteiger partial charge in [-0.2, -0.15) is 0 Å². The Morgan fingerprint density at radius 1 is 0.800 bits per heavy atom. The summed E-state index contributed by atoms with van der Waals surface area (Å²) in [6.07, 6.45) is 8.04. The van der Waals surface area contributed by atoms with Crippen LogP contribution in [0.15, 0.2) is 37.2 Å². The summed E-state index contributed by atoms with van der Waals surface area (Å²) in [6.45, 7) is 0. The largest absolute Gasteiger partial charge is 0.406 e. The molecule has 0 unspecified atom stereocenters. The Hall–Kier alpha value is -2.90. The van der Waals surface area contributed by atoms with E-state index in [4.69, 9.17) is 9.47 Å². The molecule has 0 spiro atoms. The number of hydrogen-bond acceptors (Lipinski definition) is 8. The van der Waals surface area contributed by atoms with Gasteiger partial charge in [-0.1, -0.05) is 0 Å². The highest BCUT2D eigenvalue weighted by atomic mass is 16.5. The molecular formula is C12H10N4O4. The van der Waals surface area contributed by atoms with Crippen molar-refractivity contribution < 1.29 is 19.1 Å². The van der Waals surface area contributed by atoms with Gasteiger partial charge in [0.2, 0.25) is 11.8 Å². The van der Waals surface area contributed by atoms with Crippen LogP contribution in [0, 0.1) is 0 Å². The molecule has 2 aromatic rings. The van der Waals surface area contributed by atoms with Crippen molar-refractivity contribution >= 4 is 11.9 Å². The highest BCUT2D eigenvalue weighted by molar-refractivity contribution is 5.79. The summed E-state index contributed by atoms with van der Waals surface area (Å²) in [5.41, 5.74) is 0. The van der Waals surface area contributed by atoms with Gasteiger partial charge in [0.05, 0.1) is 25.2 Å². The lowest BCUT2D eigenvalue weighted by Gasteiger charge is -2.03. The molecule has 0 N–H and O–H groups in total. The first-order valence-electron chi connectivity index (χ1n) is 5.67. The van der Waals surface area contributed by atoms with Gasteiger partial charge in [0.15, 0.2) is 0 Å². The lowest BCUT2D eigenvalue weighted by Crippen LogP contribution is -2.15. The molecule has 0 bridgehead atoms. The molecule has 0 saturated carbocycles. The van der Waals surface area contributed by atoms with Gasteiger partial charge in [-0.3, -0.25) is 19.6 Å². The van der Waals surface area contributed by atoms with Crippen molar-refractivity contribution in [3.8, 4) is 11.8 Å². The molecular weight excluding hydrogens is 264 g/mol. The number of carbonyl (C=O) groups is 2.